The second-order valence-electron chi connectivity index (χ2n) is 10.4. The number of carbonyl (C=O) groups excluding carboxylic acids is 2. The maximum atomic E-state index is 13.0. The first kappa shape index (κ1) is 27.4. The molecule has 0 saturated carbocycles. The summed E-state index contributed by atoms with van der Waals surface area (Å²) in [4.78, 5) is 25.6. The van der Waals surface area contributed by atoms with Crippen LogP contribution in [0.5, 0.6) is 0 Å². The van der Waals surface area contributed by atoms with E-state index in [0.717, 1.165) is 22.2 Å². The van der Waals surface area contributed by atoms with Gasteiger partial charge in [0.25, 0.3) is 0 Å². The van der Waals surface area contributed by atoms with Crippen molar-refractivity contribution < 1.29 is 28.4 Å². The molecule has 1 atom stereocenters. The molecule has 0 aromatic heterocycles. The van der Waals surface area contributed by atoms with Gasteiger partial charge < -0.3 is 24.1 Å². The van der Waals surface area contributed by atoms with E-state index < -0.39 is 36.4 Å². The van der Waals surface area contributed by atoms with Crippen molar-refractivity contribution in [2.75, 3.05) is 0 Å². The molecule has 1 N–H and O–H groups in total. The molecule has 1 fully saturated rings. The van der Waals surface area contributed by atoms with Gasteiger partial charge in [-0.05, 0) is 49.8 Å². The Morgan fingerprint density at radius 3 is 1.76 bits per heavy atom. The number of ether oxygens (including phenoxy) is 2. The van der Waals surface area contributed by atoms with Crippen LogP contribution in [0.1, 0.15) is 44.4 Å². The van der Waals surface area contributed by atoms with Crippen molar-refractivity contribution in [1.82, 2.24) is 5.32 Å². The van der Waals surface area contributed by atoms with E-state index in [2.05, 4.69) is 5.32 Å². The van der Waals surface area contributed by atoms with Crippen LogP contribution in [0, 0.1) is 0 Å². The van der Waals surface area contributed by atoms with E-state index in [9.17, 15) is 9.59 Å². The Morgan fingerprint density at radius 2 is 1.24 bits per heavy atom. The van der Waals surface area contributed by atoms with Gasteiger partial charge in [-0.2, -0.15) is 0 Å². The van der Waals surface area contributed by atoms with Gasteiger partial charge in [0.2, 0.25) is 0 Å². The lowest BCUT2D eigenvalue weighted by Crippen LogP contribution is -2.43. The summed E-state index contributed by atoms with van der Waals surface area (Å²) in [5.41, 5.74) is 2.56. The van der Waals surface area contributed by atoms with Crippen LogP contribution in [0.4, 0.5) is 4.79 Å². The molecule has 0 bridgehead atoms. The second-order valence-corrected chi connectivity index (χ2v) is 10.4. The quantitative estimate of drug-likeness (QED) is 0.332. The van der Waals surface area contributed by atoms with Gasteiger partial charge in [0.05, 0.1) is 11.2 Å². The zero-order valence-corrected chi connectivity index (χ0v) is 22.3. The molecule has 8 heteroatoms. The number of benzene rings is 3. The van der Waals surface area contributed by atoms with Gasteiger partial charge in [-0.15, -0.1) is 0 Å². The smallest absolute Gasteiger partial charge is 0.459 e. The van der Waals surface area contributed by atoms with Crippen LogP contribution >= 0.6 is 0 Å². The predicted octanol–water partition coefficient (Wildman–Crippen LogP) is 4.57. The van der Waals surface area contributed by atoms with Crippen LogP contribution in [0.25, 0.3) is 0 Å². The van der Waals surface area contributed by atoms with Crippen molar-refractivity contribution in [1.29, 1.82) is 0 Å². The molecule has 1 heterocycles. The second kappa shape index (κ2) is 11.8. The lowest BCUT2D eigenvalue weighted by molar-refractivity contribution is -0.147. The molecular weight excluding hydrogens is 481 g/mol. The molecule has 0 spiro atoms. The van der Waals surface area contributed by atoms with Crippen LogP contribution in [-0.4, -0.2) is 36.4 Å². The molecule has 1 aliphatic rings. The first-order chi connectivity index (χ1) is 18.1. The summed E-state index contributed by atoms with van der Waals surface area (Å²) in [5, 5.41) is 2.68. The molecule has 0 radical (unpaired) electrons. The summed E-state index contributed by atoms with van der Waals surface area (Å²) in [6.07, 6.45) is -0.457. The zero-order valence-electron chi connectivity index (χ0n) is 22.3. The van der Waals surface area contributed by atoms with Gasteiger partial charge in [-0.3, -0.25) is 0 Å². The molecule has 1 aliphatic heterocycles. The SMILES string of the molecule is CC1(C)OB(c2ccc(C[C@H](NC(=O)OCc3ccccc3)C(=O)OCc3ccccc3)cc2)OC1(C)C. The summed E-state index contributed by atoms with van der Waals surface area (Å²) in [7, 11) is -0.480. The zero-order chi connectivity index (χ0) is 27.2. The summed E-state index contributed by atoms with van der Waals surface area (Å²) < 4.78 is 23.1. The Balaban J connectivity index is 1.42. The predicted molar refractivity (Wildman–Crippen MR) is 146 cm³/mol. The minimum atomic E-state index is -0.926. The van der Waals surface area contributed by atoms with Crippen molar-refractivity contribution in [2.45, 2.75) is 64.6 Å². The highest BCUT2D eigenvalue weighted by Gasteiger charge is 2.51. The largest absolute Gasteiger partial charge is 0.494 e. The van der Waals surface area contributed by atoms with E-state index in [1.165, 1.54) is 0 Å². The number of carbonyl (C=O) groups is 2. The third-order valence-corrected chi connectivity index (χ3v) is 6.96. The van der Waals surface area contributed by atoms with E-state index >= 15 is 0 Å². The van der Waals surface area contributed by atoms with Crippen LogP contribution in [0.15, 0.2) is 84.9 Å². The molecule has 4 rings (SSSR count). The first-order valence-corrected chi connectivity index (χ1v) is 12.8. The highest BCUT2D eigenvalue weighted by molar-refractivity contribution is 6.62. The Bertz CT molecular complexity index is 1200. The Hall–Kier alpha value is -3.62. The average Bonchev–Trinajstić information content (AvgIpc) is 3.13. The van der Waals surface area contributed by atoms with Gasteiger partial charge in [-0.25, -0.2) is 9.59 Å². The van der Waals surface area contributed by atoms with E-state index in [4.69, 9.17) is 18.8 Å². The Kier molecular flexibility index (Phi) is 8.54. The molecule has 1 saturated heterocycles. The molecule has 0 unspecified atom stereocenters. The third kappa shape index (κ3) is 7.03. The summed E-state index contributed by atoms with van der Waals surface area (Å²) in [6.45, 7) is 8.25. The summed E-state index contributed by atoms with van der Waals surface area (Å²) in [6, 6.07) is 25.4. The number of nitrogens with one attached hydrogen (secondary N) is 1. The number of hydrogen-bond acceptors (Lipinski definition) is 6. The van der Waals surface area contributed by atoms with E-state index in [1.54, 1.807) is 0 Å². The van der Waals surface area contributed by atoms with E-state index in [0.29, 0.717) is 0 Å². The molecule has 1 amide bonds. The fourth-order valence-electron chi connectivity index (χ4n) is 3.96. The van der Waals surface area contributed by atoms with Gasteiger partial charge in [0.15, 0.2) is 0 Å². The monoisotopic (exact) mass is 515 g/mol. The van der Waals surface area contributed by atoms with Crippen molar-refractivity contribution in [3.63, 3.8) is 0 Å². The fourth-order valence-corrected chi connectivity index (χ4v) is 3.96. The Labute approximate surface area is 224 Å². The van der Waals surface area contributed by atoms with Crippen molar-refractivity contribution in [2.24, 2.45) is 0 Å². The maximum absolute atomic E-state index is 13.0. The number of esters is 1. The number of amides is 1. The van der Waals surface area contributed by atoms with E-state index in [1.807, 2.05) is 113 Å². The van der Waals surface area contributed by atoms with Gasteiger partial charge >= 0.3 is 19.2 Å². The Morgan fingerprint density at radius 1 is 0.737 bits per heavy atom. The molecule has 3 aromatic carbocycles. The molecule has 7 nitrogen and oxygen atoms in total. The highest BCUT2D eigenvalue weighted by atomic mass is 16.7. The van der Waals surface area contributed by atoms with Crippen LogP contribution < -0.4 is 10.8 Å². The van der Waals surface area contributed by atoms with E-state index in [-0.39, 0.29) is 19.6 Å². The van der Waals surface area contributed by atoms with Crippen molar-refractivity contribution in [3.8, 4) is 0 Å². The molecule has 3 aromatic rings. The molecular formula is C30H34BNO6. The average molecular weight is 515 g/mol. The number of alkyl carbamates (subject to hydrolysis) is 1. The normalized spacial score (nSPS) is 16.5. The topological polar surface area (TPSA) is 83.1 Å². The lowest BCUT2D eigenvalue weighted by atomic mass is 9.78. The lowest BCUT2D eigenvalue weighted by Gasteiger charge is -2.32. The van der Waals surface area contributed by atoms with Crippen LogP contribution in [-0.2, 0) is 43.2 Å². The first-order valence-electron chi connectivity index (χ1n) is 12.8. The molecule has 0 aliphatic carbocycles. The fraction of sp³-hybridized carbons (Fsp3) is 0.333. The molecule has 38 heavy (non-hydrogen) atoms. The summed E-state index contributed by atoms with van der Waals surface area (Å²) in [5.74, 6) is -0.541. The van der Waals surface area contributed by atoms with Gasteiger partial charge in [-0.1, -0.05) is 84.9 Å². The minimum absolute atomic E-state index is 0.0985. The summed E-state index contributed by atoms with van der Waals surface area (Å²) >= 11 is 0. The highest BCUT2D eigenvalue weighted by Crippen LogP contribution is 2.36. The maximum Gasteiger partial charge on any atom is 0.494 e. The van der Waals surface area contributed by atoms with Gasteiger partial charge in [0.1, 0.15) is 19.3 Å². The van der Waals surface area contributed by atoms with Crippen molar-refractivity contribution in [3.05, 3.63) is 102 Å². The third-order valence-electron chi connectivity index (χ3n) is 6.96. The minimum Gasteiger partial charge on any atom is -0.459 e. The standard InChI is InChI=1S/C30H34BNO6/c1-29(2)30(3,4)38-31(37-29)25-17-15-22(16-18-25)19-26(27(33)35-20-23-11-7-5-8-12-23)32-28(34)36-21-24-13-9-6-10-14-24/h5-18,26H,19-21H2,1-4H3,(H,32,34)/t26-/m0/s1. The number of hydrogen-bond donors (Lipinski definition) is 1. The van der Waals surface area contributed by atoms with Crippen LogP contribution in [0.2, 0.25) is 0 Å². The van der Waals surface area contributed by atoms with Crippen molar-refractivity contribution >= 4 is 24.6 Å². The van der Waals surface area contributed by atoms with Crippen LogP contribution in [0.3, 0.4) is 0 Å². The van der Waals surface area contributed by atoms with Gasteiger partial charge in [0, 0.05) is 6.42 Å². The molecule has 198 valence electrons. The number of rotatable bonds is 9.